The van der Waals surface area contributed by atoms with E-state index in [-0.39, 0.29) is 24.2 Å². The minimum Gasteiger partial charge on any atom is -0.291 e. The lowest BCUT2D eigenvalue weighted by Crippen LogP contribution is -2.59. The summed E-state index contributed by atoms with van der Waals surface area (Å²) in [6.07, 6.45) is 12.9. The maximum Gasteiger partial charge on any atom is 0.264 e. The van der Waals surface area contributed by atoms with Crippen molar-refractivity contribution in [1.82, 2.24) is 5.06 Å². The van der Waals surface area contributed by atoms with E-state index in [0.717, 1.165) is 44.8 Å². The molecule has 7 heteroatoms. The normalized spacial score (nSPS) is 31.7. The summed E-state index contributed by atoms with van der Waals surface area (Å²) in [5.74, 6) is -0.131. The van der Waals surface area contributed by atoms with Crippen molar-refractivity contribution in [2.24, 2.45) is 5.92 Å². The van der Waals surface area contributed by atoms with E-state index in [1.807, 2.05) is 5.06 Å². The van der Waals surface area contributed by atoms with Gasteiger partial charge in [-0.25, -0.2) is 0 Å². The summed E-state index contributed by atoms with van der Waals surface area (Å²) in [5, 5.41) is 11.8. The number of hydrogen-bond donors (Lipinski definition) is 0. The summed E-state index contributed by atoms with van der Waals surface area (Å²) in [6.45, 7) is 0.0748. The van der Waals surface area contributed by atoms with Crippen LogP contribution in [0.2, 0.25) is 0 Å². The van der Waals surface area contributed by atoms with E-state index in [4.69, 9.17) is 9.02 Å². The zero-order chi connectivity index (χ0) is 17.9. The average molecular weight is 371 g/mol. The Kier molecular flexibility index (Phi) is 6.04. The topological polar surface area (TPSA) is 79.6 Å². The number of hydroxylamine groups is 2. The van der Waals surface area contributed by atoms with Gasteiger partial charge in [0.2, 0.25) is 0 Å². The highest BCUT2D eigenvalue weighted by molar-refractivity contribution is 7.85. The fourth-order valence-electron chi connectivity index (χ4n) is 4.77. The van der Waals surface area contributed by atoms with Crippen molar-refractivity contribution < 1.29 is 17.4 Å². The second-order valence-electron chi connectivity index (χ2n) is 8.01. The maximum atomic E-state index is 11.5. The molecule has 0 aromatic carbocycles. The molecule has 0 aromatic heterocycles. The molecule has 25 heavy (non-hydrogen) atoms. The van der Waals surface area contributed by atoms with Crippen molar-refractivity contribution in [2.75, 3.05) is 12.9 Å². The lowest BCUT2D eigenvalue weighted by molar-refractivity contribution is -0.327. The van der Waals surface area contributed by atoms with Crippen LogP contribution in [0.25, 0.3) is 0 Å². The third kappa shape index (κ3) is 4.73. The molecule has 142 valence electrons. The first-order valence-electron chi connectivity index (χ1n) is 9.64. The molecule has 2 unspecified atom stereocenters. The third-order valence-electron chi connectivity index (χ3n) is 5.98. The van der Waals surface area contributed by atoms with Gasteiger partial charge in [0.1, 0.15) is 6.04 Å². The lowest BCUT2D eigenvalue weighted by Gasteiger charge is -2.52. The van der Waals surface area contributed by atoms with Crippen LogP contribution in [-0.4, -0.2) is 44.0 Å². The highest BCUT2D eigenvalue weighted by atomic mass is 32.2. The van der Waals surface area contributed by atoms with Crippen molar-refractivity contribution in [3.8, 4) is 6.07 Å². The molecule has 1 spiro atoms. The summed E-state index contributed by atoms with van der Waals surface area (Å²) >= 11 is 0. The van der Waals surface area contributed by atoms with Crippen LogP contribution < -0.4 is 0 Å². The van der Waals surface area contributed by atoms with Crippen LogP contribution in [0.4, 0.5) is 0 Å². The molecule has 0 N–H and O–H groups in total. The zero-order valence-electron chi connectivity index (χ0n) is 15.2. The van der Waals surface area contributed by atoms with E-state index in [1.165, 1.54) is 25.7 Å². The highest BCUT2D eigenvalue weighted by Crippen LogP contribution is 2.45. The van der Waals surface area contributed by atoms with Gasteiger partial charge in [0.15, 0.2) is 0 Å². The largest absolute Gasteiger partial charge is 0.291 e. The summed E-state index contributed by atoms with van der Waals surface area (Å²) in [4.78, 5) is 6.53. The Labute approximate surface area is 151 Å². The molecule has 6 nitrogen and oxygen atoms in total. The zero-order valence-corrected chi connectivity index (χ0v) is 16.0. The Bertz CT molecular complexity index is 589. The van der Waals surface area contributed by atoms with Crippen molar-refractivity contribution in [3.63, 3.8) is 0 Å². The molecular formula is C18H30N2O4S. The van der Waals surface area contributed by atoms with Crippen LogP contribution in [0.3, 0.4) is 0 Å². The van der Waals surface area contributed by atoms with Crippen molar-refractivity contribution in [1.29, 1.82) is 5.26 Å². The average Bonchev–Trinajstić information content (AvgIpc) is 2.60. The van der Waals surface area contributed by atoms with E-state index >= 15 is 0 Å². The smallest absolute Gasteiger partial charge is 0.264 e. The molecule has 2 aliphatic carbocycles. The minimum atomic E-state index is -3.51. The molecule has 1 heterocycles. The maximum absolute atomic E-state index is 11.5. The minimum absolute atomic E-state index is 0.0748. The van der Waals surface area contributed by atoms with E-state index < -0.39 is 16.2 Å². The molecule has 2 atom stereocenters. The first-order chi connectivity index (χ1) is 11.9. The van der Waals surface area contributed by atoms with Crippen molar-refractivity contribution in [3.05, 3.63) is 0 Å². The van der Waals surface area contributed by atoms with Gasteiger partial charge in [-0.2, -0.15) is 18.7 Å². The summed E-state index contributed by atoms with van der Waals surface area (Å²) in [7, 11) is -3.51. The van der Waals surface area contributed by atoms with E-state index in [9.17, 15) is 13.7 Å². The predicted octanol–water partition coefficient (Wildman–Crippen LogP) is 3.14. The summed E-state index contributed by atoms with van der Waals surface area (Å²) in [5.41, 5.74) is -0.241. The van der Waals surface area contributed by atoms with Crippen molar-refractivity contribution >= 4 is 10.1 Å². The fourth-order valence-corrected chi connectivity index (χ4v) is 5.19. The number of rotatable bonds is 4. The van der Waals surface area contributed by atoms with Crippen LogP contribution >= 0.6 is 0 Å². The molecule has 1 saturated heterocycles. The highest BCUT2D eigenvalue weighted by Gasteiger charge is 2.49. The first kappa shape index (κ1) is 19.1. The summed E-state index contributed by atoms with van der Waals surface area (Å²) in [6, 6.07) is 2.22. The molecule has 0 aromatic rings. The van der Waals surface area contributed by atoms with Crippen LogP contribution in [0.15, 0.2) is 0 Å². The van der Waals surface area contributed by atoms with Gasteiger partial charge in [-0.15, -0.1) is 0 Å². The quantitative estimate of drug-likeness (QED) is 0.707. The van der Waals surface area contributed by atoms with Gasteiger partial charge < -0.3 is 0 Å². The van der Waals surface area contributed by atoms with Gasteiger partial charge in [0.05, 0.1) is 24.5 Å². The SMILES string of the molecule is CS(=O)(=O)OCC1CC2(CCCCC2)ON(C2CCCCC2)C1C#N. The Morgan fingerprint density at radius 3 is 2.40 bits per heavy atom. The molecular weight excluding hydrogens is 340 g/mol. The van der Waals surface area contributed by atoms with Crippen LogP contribution in [0.5, 0.6) is 0 Å². The van der Waals surface area contributed by atoms with Crippen LogP contribution in [0, 0.1) is 17.2 Å². The Hall–Kier alpha value is -0.680. The van der Waals surface area contributed by atoms with Gasteiger partial charge in [0.25, 0.3) is 10.1 Å². The Morgan fingerprint density at radius 1 is 1.16 bits per heavy atom. The molecule has 3 rings (SSSR count). The second-order valence-corrected chi connectivity index (χ2v) is 9.66. The number of nitrogens with zero attached hydrogens (tertiary/aromatic N) is 2. The molecule has 2 saturated carbocycles. The second kappa shape index (κ2) is 7.91. The number of hydrogen-bond acceptors (Lipinski definition) is 6. The molecule has 1 aliphatic heterocycles. The van der Waals surface area contributed by atoms with Crippen LogP contribution in [-0.2, 0) is 19.1 Å². The van der Waals surface area contributed by atoms with E-state index in [1.54, 1.807) is 0 Å². The Balaban J connectivity index is 1.82. The van der Waals surface area contributed by atoms with Gasteiger partial charge in [0, 0.05) is 12.0 Å². The van der Waals surface area contributed by atoms with Crippen molar-refractivity contribution in [2.45, 2.75) is 88.3 Å². The van der Waals surface area contributed by atoms with Gasteiger partial charge in [-0.1, -0.05) is 38.5 Å². The Morgan fingerprint density at radius 2 is 1.80 bits per heavy atom. The van der Waals surface area contributed by atoms with E-state index in [2.05, 4.69) is 6.07 Å². The summed E-state index contributed by atoms with van der Waals surface area (Å²) < 4.78 is 28.0. The fraction of sp³-hybridized carbons (Fsp3) is 0.944. The molecule has 3 aliphatic rings. The van der Waals surface area contributed by atoms with Crippen LogP contribution in [0.1, 0.15) is 70.6 Å². The third-order valence-corrected chi connectivity index (χ3v) is 6.55. The van der Waals surface area contributed by atoms with E-state index in [0.29, 0.717) is 6.42 Å². The monoisotopic (exact) mass is 370 g/mol. The van der Waals surface area contributed by atoms with Gasteiger partial charge in [-0.3, -0.25) is 9.02 Å². The number of nitriles is 1. The standard InChI is InChI=1S/C18H30N2O4S/c1-25(21,22)23-14-15-12-18(10-6-3-7-11-18)24-20(17(15)13-19)16-8-4-2-5-9-16/h15-17H,2-12,14H2,1H3. The van der Waals surface area contributed by atoms with Gasteiger partial charge in [-0.05, 0) is 32.1 Å². The lowest BCUT2D eigenvalue weighted by atomic mass is 9.75. The predicted molar refractivity (Wildman–Crippen MR) is 93.9 cm³/mol. The molecule has 0 amide bonds. The molecule has 3 fully saturated rings. The van der Waals surface area contributed by atoms with Gasteiger partial charge >= 0.3 is 0 Å². The molecule has 0 bridgehead atoms. The molecule has 0 radical (unpaired) electrons. The first-order valence-corrected chi connectivity index (χ1v) is 11.5.